The normalized spacial score (nSPS) is 9.79. The van der Waals surface area contributed by atoms with Gasteiger partial charge in [0, 0.05) is 0 Å². The molecule has 14 heavy (non-hydrogen) atoms. The van der Waals surface area contributed by atoms with Gasteiger partial charge in [0.05, 0.1) is 12.7 Å². The van der Waals surface area contributed by atoms with Crippen molar-refractivity contribution in [2.24, 2.45) is 0 Å². The number of allylic oxidation sites excluding steroid dienone is 1. The molecule has 0 spiro atoms. The van der Waals surface area contributed by atoms with Crippen molar-refractivity contribution in [3.8, 4) is 0 Å². The minimum absolute atomic E-state index is 0.233. The Morgan fingerprint density at radius 1 is 1.29 bits per heavy atom. The number of ether oxygens (including phenoxy) is 1. The van der Waals surface area contributed by atoms with E-state index in [1.807, 2.05) is 26.8 Å². The summed E-state index contributed by atoms with van der Waals surface area (Å²) in [6.45, 7) is 5.69. The third-order valence-electron chi connectivity index (χ3n) is 2.11. The molecule has 0 radical (unpaired) electrons. The second-order valence-electron chi connectivity index (χ2n) is 3.46. The first kappa shape index (κ1) is 10.8. The van der Waals surface area contributed by atoms with Gasteiger partial charge in [0.2, 0.25) is 0 Å². The lowest BCUT2D eigenvalue weighted by atomic mass is 10.0. The van der Waals surface area contributed by atoms with Gasteiger partial charge in [-0.3, -0.25) is 0 Å². The Morgan fingerprint density at radius 3 is 2.36 bits per heavy atom. The summed E-state index contributed by atoms with van der Waals surface area (Å²) < 4.78 is 18.7. The van der Waals surface area contributed by atoms with Gasteiger partial charge >= 0.3 is 0 Å². The quantitative estimate of drug-likeness (QED) is 0.654. The summed E-state index contributed by atoms with van der Waals surface area (Å²) in [4.78, 5) is 0. The molecule has 1 rings (SSSR count). The highest BCUT2D eigenvalue weighted by Gasteiger charge is 2.12. The summed E-state index contributed by atoms with van der Waals surface area (Å²) in [5, 5.41) is 0. The van der Waals surface area contributed by atoms with Crippen LogP contribution in [0.3, 0.4) is 0 Å². The number of hydrogen-bond donors (Lipinski definition) is 0. The standard InChI is InChI=1S/C12H15FO/c1-8(2)12(14-4)11-9(3)6-5-7-10(11)13/h5-7H,1-4H3. The van der Waals surface area contributed by atoms with Gasteiger partial charge in [-0.1, -0.05) is 12.1 Å². The minimum Gasteiger partial charge on any atom is -0.496 e. The molecule has 0 fully saturated rings. The van der Waals surface area contributed by atoms with E-state index >= 15 is 0 Å². The molecular formula is C12H15FO. The lowest BCUT2D eigenvalue weighted by Gasteiger charge is -2.12. The summed E-state index contributed by atoms with van der Waals surface area (Å²) in [5.74, 6) is 0.392. The van der Waals surface area contributed by atoms with Gasteiger partial charge in [-0.15, -0.1) is 0 Å². The van der Waals surface area contributed by atoms with Gasteiger partial charge < -0.3 is 4.74 Å². The van der Waals surface area contributed by atoms with E-state index in [0.29, 0.717) is 11.3 Å². The van der Waals surface area contributed by atoms with Gasteiger partial charge in [-0.25, -0.2) is 4.39 Å². The first-order chi connectivity index (χ1) is 6.57. The van der Waals surface area contributed by atoms with Gasteiger partial charge in [0.1, 0.15) is 11.6 Å². The molecule has 0 atom stereocenters. The third kappa shape index (κ3) is 1.95. The maximum Gasteiger partial charge on any atom is 0.134 e. The van der Waals surface area contributed by atoms with Crippen LogP contribution in [-0.4, -0.2) is 7.11 Å². The van der Waals surface area contributed by atoms with Crippen molar-refractivity contribution in [2.75, 3.05) is 7.11 Å². The van der Waals surface area contributed by atoms with E-state index < -0.39 is 0 Å². The number of hydrogen-bond acceptors (Lipinski definition) is 1. The highest BCUT2D eigenvalue weighted by Crippen LogP contribution is 2.25. The second-order valence-corrected chi connectivity index (χ2v) is 3.46. The lowest BCUT2D eigenvalue weighted by molar-refractivity contribution is 0.363. The van der Waals surface area contributed by atoms with Crippen LogP contribution in [0, 0.1) is 12.7 Å². The van der Waals surface area contributed by atoms with E-state index in [1.165, 1.54) is 6.07 Å². The minimum atomic E-state index is -0.233. The van der Waals surface area contributed by atoms with Crippen LogP contribution in [-0.2, 0) is 4.74 Å². The zero-order valence-corrected chi connectivity index (χ0v) is 9.02. The summed E-state index contributed by atoms with van der Waals surface area (Å²) in [5.41, 5.74) is 2.43. The Morgan fingerprint density at radius 2 is 1.93 bits per heavy atom. The van der Waals surface area contributed by atoms with Crippen LogP contribution in [0.25, 0.3) is 5.76 Å². The fraction of sp³-hybridized carbons (Fsp3) is 0.333. The molecule has 1 aromatic rings. The average Bonchev–Trinajstić information content (AvgIpc) is 2.10. The highest BCUT2D eigenvalue weighted by atomic mass is 19.1. The Bertz CT molecular complexity index is 342. The molecule has 0 aliphatic carbocycles. The Kier molecular flexibility index (Phi) is 3.28. The van der Waals surface area contributed by atoms with Crippen molar-refractivity contribution in [3.05, 3.63) is 40.7 Å². The molecule has 1 nitrogen and oxygen atoms in total. The van der Waals surface area contributed by atoms with Gasteiger partial charge in [0.25, 0.3) is 0 Å². The van der Waals surface area contributed by atoms with E-state index in [9.17, 15) is 4.39 Å². The average molecular weight is 194 g/mol. The summed E-state index contributed by atoms with van der Waals surface area (Å²) in [7, 11) is 1.56. The van der Waals surface area contributed by atoms with Gasteiger partial charge in [-0.05, 0) is 38.0 Å². The first-order valence-electron chi connectivity index (χ1n) is 4.55. The summed E-state index contributed by atoms with van der Waals surface area (Å²) in [6.07, 6.45) is 0. The Labute approximate surface area is 84.2 Å². The topological polar surface area (TPSA) is 9.23 Å². The molecule has 0 heterocycles. The Hall–Kier alpha value is -1.31. The predicted molar refractivity (Wildman–Crippen MR) is 56.4 cm³/mol. The van der Waals surface area contributed by atoms with Crippen molar-refractivity contribution in [1.82, 2.24) is 0 Å². The van der Waals surface area contributed by atoms with Crippen molar-refractivity contribution < 1.29 is 9.13 Å². The van der Waals surface area contributed by atoms with Crippen LogP contribution in [0.4, 0.5) is 4.39 Å². The van der Waals surface area contributed by atoms with E-state index in [4.69, 9.17) is 4.74 Å². The molecule has 0 saturated carbocycles. The van der Waals surface area contributed by atoms with E-state index in [2.05, 4.69) is 0 Å². The zero-order valence-electron chi connectivity index (χ0n) is 9.02. The molecule has 0 aliphatic rings. The second kappa shape index (κ2) is 4.27. The van der Waals surface area contributed by atoms with Gasteiger partial charge in [-0.2, -0.15) is 0 Å². The van der Waals surface area contributed by atoms with Crippen LogP contribution >= 0.6 is 0 Å². The molecule has 1 aromatic carbocycles. The molecular weight excluding hydrogens is 179 g/mol. The van der Waals surface area contributed by atoms with Crippen molar-refractivity contribution in [2.45, 2.75) is 20.8 Å². The number of benzene rings is 1. The SMILES string of the molecule is COC(=C(C)C)c1c(C)cccc1F. The van der Waals surface area contributed by atoms with Crippen LogP contribution in [0.1, 0.15) is 25.0 Å². The molecule has 0 N–H and O–H groups in total. The van der Waals surface area contributed by atoms with E-state index in [0.717, 1.165) is 11.1 Å². The van der Waals surface area contributed by atoms with E-state index in [1.54, 1.807) is 13.2 Å². The molecule has 0 aliphatic heterocycles. The molecule has 0 unspecified atom stereocenters. The summed E-state index contributed by atoms with van der Waals surface area (Å²) in [6, 6.07) is 5.02. The lowest BCUT2D eigenvalue weighted by Crippen LogP contribution is -1.97. The van der Waals surface area contributed by atoms with Crippen molar-refractivity contribution >= 4 is 5.76 Å². The maximum atomic E-state index is 13.5. The van der Waals surface area contributed by atoms with Gasteiger partial charge in [0.15, 0.2) is 0 Å². The summed E-state index contributed by atoms with van der Waals surface area (Å²) >= 11 is 0. The fourth-order valence-electron chi connectivity index (χ4n) is 1.48. The maximum absolute atomic E-state index is 13.5. The number of methoxy groups -OCH3 is 1. The molecule has 0 amide bonds. The molecule has 0 aromatic heterocycles. The molecule has 0 bridgehead atoms. The molecule has 2 heteroatoms. The monoisotopic (exact) mass is 194 g/mol. The van der Waals surface area contributed by atoms with Crippen molar-refractivity contribution in [1.29, 1.82) is 0 Å². The fourth-order valence-corrected chi connectivity index (χ4v) is 1.48. The third-order valence-corrected chi connectivity index (χ3v) is 2.11. The van der Waals surface area contributed by atoms with Crippen molar-refractivity contribution in [3.63, 3.8) is 0 Å². The number of rotatable bonds is 2. The van der Waals surface area contributed by atoms with Crippen LogP contribution < -0.4 is 0 Å². The highest BCUT2D eigenvalue weighted by molar-refractivity contribution is 5.65. The van der Waals surface area contributed by atoms with Crippen LogP contribution in [0.2, 0.25) is 0 Å². The molecule has 76 valence electrons. The van der Waals surface area contributed by atoms with Crippen LogP contribution in [0.5, 0.6) is 0 Å². The smallest absolute Gasteiger partial charge is 0.134 e. The molecule has 0 saturated heterocycles. The predicted octanol–water partition coefficient (Wildman–Crippen LogP) is 3.53. The first-order valence-corrected chi connectivity index (χ1v) is 4.55. The number of aryl methyl sites for hydroxylation is 1. The zero-order chi connectivity index (χ0) is 10.7. The van der Waals surface area contributed by atoms with Crippen LogP contribution in [0.15, 0.2) is 23.8 Å². The Balaban J connectivity index is 3.38. The number of halogens is 1. The van der Waals surface area contributed by atoms with E-state index in [-0.39, 0.29) is 5.82 Å². The largest absolute Gasteiger partial charge is 0.496 e.